The fraction of sp³-hybridized carbons (Fsp3) is 0.692. The van der Waals surface area contributed by atoms with Crippen molar-refractivity contribution < 1.29 is 4.39 Å². The molecule has 19 heavy (non-hydrogen) atoms. The Morgan fingerprint density at radius 3 is 2.89 bits per heavy atom. The van der Waals surface area contributed by atoms with E-state index in [0.717, 1.165) is 26.2 Å². The van der Waals surface area contributed by atoms with Gasteiger partial charge in [0.25, 0.3) is 0 Å². The molecule has 2 aliphatic rings. The molecule has 0 atom stereocenters. The number of rotatable bonds is 2. The van der Waals surface area contributed by atoms with Crippen LogP contribution in [0.3, 0.4) is 0 Å². The molecular weight excluding hydrogens is 245 g/mol. The van der Waals surface area contributed by atoms with Gasteiger partial charge in [0.1, 0.15) is 0 Å². The predicted molar refractivity (Wildman–Crippen MR) is 72.9 cm³/mol. The van der Waals surface area contributed by atoms with Gasteiger partial charge in [-0.2, -0.15) is 4.98 Å². The first-order valence-corrected chi connectivity index (χ1v) is 6.88. The first kappa shape index (κ1) is 12.6. The maximum absolute atomic E-state index is 13.4. The van der Waals surface area contributed by atoms with Crippen LogP contribution < -0.4 is 15.5 Å². The molecule has 104 valence electrons. The van der Waals surface area contributed by atoms with Gasteiger partial charge in [-0.05, 0) is 37.8 Å². The summed E-state index contributed by atoms with van der Waals surface area (Å²) in [5.74, 6) is 0.513. The van der Waals surface area contributed by atoms with Crippen LogP contribution in [0.1, 0.15) is 19.3 Å². The van der Waals surface area contributed by atoms with Crippen molar-refractivity contribution in [3.05, 3.63) is 12.0 Å². The second-order valence-corrected chi connectivity index (χ2v) is 5.54. The second-order valence-electron chi connectivity index (χ2n) is 5.54. The summed E-state index contributed by atoms with van der Waals surface area (Å²) in [6, 6.07) is 0. The molecule has 0 amide bonds. The van der Waals surface area contributed by atoms with E-state index in [9.17, 15) is 4.39 Å². The van der Waals surface area contributed by atoms with E-state index < -0.39 is 5.82 Å². The molecule has 1 aromatic heterocycles. The molecule has 6 heteroatoms. The number of nitrogens with one attached hydrogen (secondary N) is 2. The van der Waals surface area contributed by atoms with Gasteiger partial charge in [-0.15, -0.1) is 0 Å². The van der Waals surface area contributed by atoms with Gasteiger partial charge in [0, 0.05) is 20.1 Å². The highest BCUT2D eigenvalue weighted by Crippen LogP contribution is 2.39. The lowest BCUT2D eigenvalue weighted by Crippen LogP contribution is -2.38. The van der Waals surface area contributed by atoms with Gasteiger partial charge >= 0.3 is 0 Å². The number of halogens is 1. The molecule has 1 aromatic rings. The Balaban J connectivity index is 1.77. The number of nitrogens with zero attached hydrogens (tertiary/aromatic N) is 3. The molecule has 2 fully saturated rings. The lowest BCUT2D eigenvalue weighted by molar-refractivity contribution is 0.232. The third kappa shape index (κ3) is 2.36. The van der Waals surface area contributed by atoms with E-state index in [1.165, 1.54) is 25.5 Å². The summed E-state index contributed by atoms with van der Waals surface area (Å²) in [5.41, 5.74) is 0.406. The van der Waals surface area contributed by atoms with Gasteiger partial charge in [0.15, 0.2) is 11.6 Å². The zero-order valence-electron chi connectivity index (χ0n) is 11.2. The van der Waals surface area contributed by atoms with Crippen molar-refractivity contribution >= 4 is 11.8 Å². The minimum Gasteiger partial charge on any atom is -0.371 e. The Morgan fingerprint density at radius 1 is 1.37 bits per heavy atom. The first-order chi connectivity index (χ1) is 9.22. The van der Waals surface area contributed by atoms with Crippen LogP contribution in [-0.2, 0) is 0 Å². The van der Waals surface area contributed by atoms with Crippen molar-refractivity contribution in [3.63, 3.8) is 0 Å². The molecule has 2 N–H and O–H groups in total. The number of aromatic nitrogens is 2. The van der Waals surface area contributed by atoms with Crippen LogP contribution in [0.5, 0.6) is 0 Å². The standard InChI is InChI=1S/C13H20FN5/c1-15-11-10(14)8-17-12(18-11)19-7-4-13(9-19)2-5-16-6-3-13/h8,16H,2-7,9H2,1H3,(H,15,17,18). The van der Waals surface area contributed by atoms with Crippen molar-refractivity contribution in [1.29, 1.82) is 0 Å². The average molecular weight is 265 g/mol. The van der Waals surface area contributed by atoms with Gasteiger partial charge in [0.05, 0.1) is 6.20 Å². The molecule has 0 bridgehead atoms. The highest BCUT2D eigenvalue weighted by atomic mass is 19.1. The number of hydrogen-bond acceptors (Lipinski definition) is 5. The Kier molecular flexibility index (Phi) is 3.26. The Bertz CT molecular complexity index is 458. The van der Waals surface area contributed by atoms with Crippen LogP contribution in [0.15, 0.2) is 6.20 Å². The van der Waals surface area contributed by atoms with E-state index in [-0.39, 0.29) is 5.82 Å². The number of anilines is 2. The van der Waals surface area contributed by atoms with Crippen molar-refractivity contribution in [1.82, 2.24) is 15.3 Å². The zero-order valence-corrected chi connectivity index (χ0v) is 11.2. The highest BCUT2D eigenvalue weighted by Gasteiger charge is 2.39. The van der Waals surface area contributed by atoms with E-state index >= 15 is 0 Å². The van der Waals surface area contributed by atoms with Gasteiger partial charge in [0.2, 0.25) is 5.95 Å². The van der Waals surface area contributed by atoms with E-state index in [2.05, 4.69) is 25.5 Å². The molecule has 0 aliphatic carbocycles. The summed E-state index contributed by atoms with van der Waals surface area (Å²) < 4.78 is 13.4. The molecule has 2 aliphatic heterocycles. The Hall–Kier alpha value is -1.43. The fourth-order valence-corrected chi connectivity index (χ4v) is 3.16. The van der Waals surface area contributed by atoms with Crippen molar-refractivity contribution in [2.24, 2.45) is 5.41 Å². The minimum absolute atomic E-state index is 0.274. The molecule has 0 radical (unpaired) electrons. The molecule has 5 nitrogen and oxygen atoms in total. The maximum Gasteiger partial charge on any atom is 0.227 e. The van der Waals surface area contributed by atoms with E-state index in [0.29, 0.717) is 11.4 Å². The topological polar surface area (TPSA) is 53.1 Å². The largest absolute Gasteiger partial charge is 0.371 e. The van der Waals surface area contributed by atoms with E-state index in [1.54, 1.807) is 7.05 Å². The first-order valence-electron chi connectivity index (χ1n) is 6.88. The van der Waals surface area contributed by atoms with Crippen LogP contribution in [0.4, 0.5) is 16.2 Å². The molecule has 2 saturated heterocycles. The van der Waals surface area contributed by atoms with Crippen LogP contribution in [0.2, 0.25) is 0 Å². The Morgan fingerprint density at radius 2 is 2.16 bits per heavy atom. The summed E-state index contributed by atoms with van der Waals surface area (Å²) in [4.78, 5) is 10.6. The summed E-state index contributed by atoms with van der Waals surface area (Å²) in [5, 5.41) is 6.17. The molecule has 3 rings (SSSR count). The lowest BCUT2D eigenvalue weighted by Gasteiger charge is -2.33. The van der Waals surface area contributed by atoms with Crippen LogP contribution in [0.25, 0.3) is 0 Å². The van der Waals surface area contributed by atoms with Crippen molar-refractivity contribution in [3.8, 4) is 0 Å². The molecule has 0 unspecified atom stereocenters. The van der Waals surface area contributed by atoms with Crippen molar-refractivity contribution in [2.75, 3.05) is 43.4 Å². The normalized spacial score (nSPS) is 21.9. The summed E-state index contributed by atoms with van der Waals surface area (Å²) in [6.45, 7) is 4.15. The summed E-state index contributed by atoms with van der Waals surface area (Å²) in [6.07, 6.45) is 4.86. The smallest absolute Gasteiger partial charge is 0.227 e. The molecule has 3 heterocycles. The molecule has 0 aromatic carbocycles. The van der Waals surface area contributed by atoms with Gasteiger partial charge < -0.3 is 15.5 Å². The van der Waals surface area contributed by atoms with E-state index in [4.69, 9.17) is 0 Å². The Labute approximate surface area is 112 Å². The summed E-state index contributed by atoms with van der Waals surface area (Å²) >= 11 is 0. The molecule has 1 spiro atoms. The number of hydrogen-bond donors (Lipinski definition) is 2. The zero-order chi connectivity index (χ0) is 13.3. The van der Waals surface area contributed by atoms with Gasteiger partial charge in [-0.3, -0.25) is 0 Å². The van der Waals surface area contributed by atoms with Crippen molar-refractivity contribution in [2.45, 2.75) is 19.3 Å². The van der Waals surface area contributed by atoms with E-state index in [1.807, 2.05) is 0 Å². The minimum atomic E-state index is -0.401. The van der Waals surface area contributed by atoms with Crippen LogP contribution in [-0.4, -0.2) is 43.2 Å². The second kappa shape index (κ2) is 4.92. The molecular formula is C13H20FN5. The highest BCUT2D eigenvalue weighted by molar-refractivity contribution is 5.43. The third-order valence-electron chi connectivity index (χ3n) is 4.35. The van der Waals surface area contributed by atoms with Gasteiger partial charge in [-0.25, -0.2) is 9.37 Å². The molecule has 0 saturated carbocycles. The summed E-state index contributed by atoms with van der Waals surface area (Å²) in [7, 11) is 1.67. The monoisotopic (exact) mass is 265 g/mol. The SMILES string of the molecule is CNc1nc(N2CCC3(CCNCC3)C2)ncc1F. The lowest BCUT2D eigenvalue weighted by atomic mass is 9.78. The van der Waals surface area contributed by atoms with Gasteiger partial charge in [-0.1, -0.05) is 0 Å². The fourth-order valence-electron chi connectivity index (χ4n) is 3.16. The number of piperidine rings is 1. The quantitative estimate of drug-likeness (QED) is 0.842. The average Bonchev–Trinajstić information content (AvgIpc) is 2.84. The maximum atomic E-state index is 13.4. The van der Waals surface area contributed by atoms with Crippen LogP contribution >= 0.6 is 0 Å². The third-order valence-corrected chi connectivity index (χ3v) is 4.35. The van der Waals surface area contributed by atoms with Crippen LogP contribution in [0, 0.1) is 11.2 Å². The predicted octanol–water partition coefficient (Wildman–Crippen LogP) is 1.24.